The normalized spacial score (nSPS) is 11.0. The molecule has 0 radical (unpaired) electrons. The van der Waals surface area contributed by atoms with Gasteiger partial charge in [-0.25, -0.2) is 0 Å². The summed E-state index contributed by atoms with van der Waals surface area (Å²) in [5.74, 6) is 0.597. The molecule has 0 aliphatic rings. The van der Waals surface area contributed by atoms with E-state index in [-0.39, 0.29) is 18.9 Å². The largest absolute Gasteiger partial charge is 0.530 e. The van der Waals surface area contributed by atoms with E-state index in [0.29, 0.717) is 76.0 Å². The number of benzene rings is 2. The molecule has 0 aromatic heterocycles. The number of carbonyl (C=O) groups is 2. The molecule has 12 nitrogen and oxygen atoms in total. The first-order valence-electron chi connectivity index (χ1n) is 13.6. The van der Waals surface area contributed by atoms with Crippen LogP contribution in [0.4, 0.5) is 10.5 Å². The molecule has 0 heterocycles. The number of ketones is 1. The van der Waals surface area contributed by atoms with E-state index in [4.69, 9.17) is 24.5 Å². The number of ether oxygens (including phenoxy) is 4. The molecule has 2 N–H and O–H groups in total. The number of hydrogen-bond donors (Lipinski definition) is 2. The Hall–Kier alpha value is -3.83. The number of nitrogens with zero attached hydrogens (tertiary/aromatic N) is 3. The Labute approximate surface area is 241 Å². The van der Waals surface area contributed by atoms with Crippen molar-refractivity contribution in [3.63, 3.8) is 0 Å². The van der Waals surface area contributed by atoms with Crippen LogP contribution in [0, 0.1) is 5.53 Å². The van der Waals surface area contributed by atoms with Crippen LogP contribution < -0.4 is 20.1 Å². The molecule has 2 aromatic carbocycles. The smallest absolute Gasteiger partial charge is 0.214 e. The van der Waals surface area contributed by atoms with Crippen LogP contribution in [0.2, 0.25) is 0 Å². The van der Waals surface area contributed by atoms with Crippen LogP contribution in [0.25, 0.3) is 0 Å². The van der Waals surface area contributed by atoms with Crippen LogP contribution in [0.1, 0.15) is 43.1 Å². The van der Waals surface area contributed by atoms with Crippen LogP contribution in [0.15, 0.2) is 53.6 Å². The van der Waals surface area contributed by atoms with E-state index in [0.717, 1.165) is 5.69 Å². The summed E-state index contributed by atoms with van der Waals surface area (Å²) < 4.78 is 22.1. The van der Waals surface area contributed by atoms with Gasteiger partial charge in [-0.2, -0.15) is 0 Å². The molecule has 0 fully saturated rings. The van der Waals surface area contributed by atoms with Crippen LogP contribution in [0.3, 0.4) is 0 Å². The number of carbonyl (C=O) groups excluding carboxylic acids is 2. The summed E-state index contributed by atoms with van der Waals surface area (Å²) in [6, 6.07) is 14.3. The molecular formula is C29H41N5O7. The zero-order valence-corrected chi connectivity index (χ0v) is 24.1. The lowest BCUT2D eigenvalue weighted by atomic mass is 10.0. The first kappa shape index (κ1) is 33.4. The highest BCUT2D eigenvalue weighted by atomic mass is 16.5. The van der Waals surface area contributed by atoms with E-state index in [1.165, 1.54) is 4.90 Å². The minimum absolute atomic E-state index is 0.0721. The van der Waals surface area contributed by atoms with Gasteiger partial charge in [-0.1, -0.05) is 0 Å². The molecule has 12 heteroatoms. The predicted molar refractivity (Wildman–Crippen MR) is 151 cm³/mol. The molecule has 0 bridgehead atoms. The third-order valence-electron chi connectivity index (χ3n) is 5.81. The molecule has 0 saturated carbocycles. The van der Waals surface area contributed by atoms with Crippen LogP contribution in [-0.2, 0) is 14.2 Å². The summed E-state index contributed by atoms with van der Waals surface area (Å²) in [5.41, 5.74) is 8.13. The second-order valence-electron chi connectivity index (χ2n) is 9.95. The maximum atomic E-state index is 12.8. The van der Waals surface area contributed by atoms with Gasteiger partial charge in [-0.3, -0.25) is 4.79 Å². The number of hydrogen-bond acceptors (Lipinski definition) is 10. The summed E-state index contributed by atoms with van der Waals surface area (Å²) in [4.78, 5) is 28.1. The van der Waals surface area contributed by atoms with E-state index in [2.05, 4.69) is 15.3 Å². The summed E-state index contributed by atoms with van der Waals surface area (Å²) in [5, 5.41) is 18.0. The van der Waals surface area contributed by atoms with Crippen molar-refractivity contribution in [2.45, 2.75) is 32.7 Å². The van der Waals surface area contributed by atoms with Crippen molar-refractivity contribution in [1.29, 1.82) is 5.53 Å². The van der Waals surface area contributed by atoms with E-state index in [1.54, 1.807) is 57.2 Å². The van der Waals surface area contributed by atoms with Gasteiger partial charge in [0.25, 0.3) is 0 Å². The van der Waals surface area contributed by atoms with Gasteiger partial charge in [0, 0.05) is 41.9 Å². The maximum absolute atomic E-state index is 12.8. The number of carboxylic acid groups (broad SMARTS) is 1. The summed E-state index contributed by atoms with van der Waals surface area (Å²) >= 11 is 0. The van der Waals surface area contributed by atoms with E-state index in [1.807, 2.05) is 12.1 Å². The van der Waals surface area contributed by atoms with Gasteiger partial charge in [0.15, 0.2) is 5.78 Å². The van der Waals surface area contributed by atoms with Gasteiger partial charge in [-0.05, 0) is 69.3 Å². The van der Waals surface area contributed by atoms with Crippen molar-refractivity contribution in [3.8, 4) is 5.75 Å². The van der Waals surface area contributed by atoms with Crippen molar-refractivity contribution in [3.05, 3.63) is 59.7 Å². The molecule has 2 rings (SSSR count). The number of anilines is 1. The Bertz CT molecular complexity index is 1100. The lowest BCUT2D eigenvalue weighted by Crippen LogP contribution is -2.52. The third-order valence-corrected chi connectivity index (χ3v) is 5.81. The van der Waals surface area contributed by atoms with Crippen LogP contribution >= 0.6 is 0 Å². The van der Waals surface area contributed by atoms with Gasteiger partial charge in [0.1, 0.15) is 29.0 Å². The Morgan fingerprint density at radius 3 is 2.00 bits per heavy atom. The van der Waals surface area contributed by atoms with Crippen molar-refractivity contribution in [1.82, 2.24) is 9.81 Å². The zero-order chi connectivity index (χ0) is 29.9. The van der Waals surface area contributed by atoms with Crippen molar-refractivity contribution in [2.75, 3.05) is 71.2 Å². The van der Waals surface area contributed by atoms with Crippen molar-refractivity contribution < 1.29 is 33.6 Å². The van der Waals surface area contributed by atoms with E-state index >= 15 is 0 Å². The molecule has 0 aliphatic carbocycles. The first-order valence-corrected chi connectivity index (χ1v) is 13.6. The minimum Gasteiger partial charge on any atom is -0.530 e. The Kier molecular flexibility index (Phi) is 15.1. The summed E-state index contributed by atoms with van der Waals surface area (Å²) in [7, 11) is 0. The highest BCUT2D eigenvalue weighted by Crippen LogP contribution is 2.17. The number of nitrogens with one attached hydrogen (secondary N) is 2. The molecule has 0 spiro atoms. The first-order chi connectivity index (χ1) is 19.7. The molecule has 0 atom stereocenters. The fourth-order valence-corrected chi connectivity index (χ4v) is 3.65. The third kappa shape index (κ3) is 13.4. The minimum atomic E-state index is -1.21. The Balaban J connectivity index is 1.54. The van der Waals surface area contributed by atoms with E-state index in [9.17, 15) is 14.7 Å². The van der Waals surface area contributed by atoms with Gasteiger partial charge in [0.05, 0.1) is 46.2 Å². The van der Waals surface area contributed by atoms with E-state index < -0.39 is 11.6 Å². The average molecular weight is 572 g/mol. The Morgan fingerprint density at radius 2 is 1.44 bits per heavy atom. The van der Waals surface area contributed by atoms with Crippen LogP contribution in [-0.4, -0.2) is 88.2 Å². The zero-order valence-electron chi connectivity index (χ0n) is 24.1. The highest BCUT2D eigenvalue weighted by molar-refractivity contribution is 6.09. The van der Waals surface area contributed by atoms with Crippen molar-refractivity contribution >= 4 is 17.6 Å². The lowest BCUT2D eigenvalue weighted by Gasteiger charge is -2.37. The summed E-state index contributed by atoms with van der Waals surface area (Å²) in [6.45, 7) is 9.59. The predicted octanol–water partition coefficient (Wildman–Crippen LogP) is 3.14. The molecule has 2 aromatic rings. The fraction of sp³-hybridized carbons (Fsp3) is 0.517. The topological polar surface area (TPSA) is 160 Å². The van der Waals surface area contributed by atoms with Gasteiger partial charge < -0.3 is 39.1 Å². The highest BCUT2D eigenvalue weighted by Gasteiger charge is 2.20. The van der Waals surface area contributed by atoms with Gasteiger partial charge >= 0.3 is 0 Å². The molecule has 0 aliphatic heterocycles. The summed E-state index contributed by atoms with van der Waals surface area (Å²) in [6.07, 6.45) is -0.546. The molecule has 0 unspecified atom stereocenters. The lowest BCUT2D eigenvalue weighted by molar-refractivity contribution is -0.271. The van der Waals surface area contributed by atoms with Gasteiger partial charge in [0.2, 0.25) is 4.91 Å². The Morgan fingerprint density at radius 1 is 0.878 bits per heavy atom. The molecule has 224 valence electrons. The van der Waals surface area contributed by atoms with Crippen molar-refractivity contribution in [2.24, 2.45) is 5.11 Å². The maximum Gasteiger partial charge on any atom is 0.214 e. The van der Waals surface area contributed by atoms with Gasteiger partial charge in [-0.15, -0.1) is 0 Å². The average Bonchev–Trinajstić information content (AvgIpc) is 2.95. The SMILES string of the molecule is CC(C)(C)N(CCOCCOCCOCCNc1ccc(C(=O)c2ccc(OCCCN=[N+]=N)cc2)cc1)C(=O)[O-]. The molecule has 1 amide bonds. The quantitative estimate of drug-likeness (QED) is 0.106. The number of rotatable bonds is 20. The fourth-order valence-electron chi connectivity index (χ4n) is 3.65. The monoisotopic (exact) mass is 571 g/mol. The molecular weight excluding hydrogens is 530 g/mol. The second kappa shape index (κ2) is 18.5. The molecule has 0 saturated heterocycles. The molecule has 41 heavy (non-hydrogen) atoms. The standard InChI is InChI=1S/C29H41N5O7/c1-29(2,3)34(28(36)37)15-18-39-20-22-40-21-19-38-17-14-31-25-9-5-23(6-10-25)27(35)24-7-11-26(12-8-24)41-16-4-13-32-33-30/h5-12,30H,4,13-22H2,1-3H3,(H-,31,35,36,37). The number of amides is 1. The van der Waals surface area contributed by atoms with Crippen LogP contribution in [0.5, 0.6) is 5.75 Å². The second-order valence-corrected chi connectivity index (χ2v) is 9.95.